The number of amides is 1. The number of nitrogens with zero attached hydrogens (tertiary/aromatic N) is 1. The van der Waals surface area contributed by atoms with E-state index < -0.39 is 12.0 Å². The molecule has 1 aliphatic rings. The Morgan fingerprint density at radius 3 is 2.26 bits per heavy atom. The molecule has 5 heteroatoms. The van der Waals surface area contributed by atoms with Gasteiger partial charge in [0.25, 0.3) is 0 Å². The molecule has 1 heterocycles. The predicted octanol–water partition coefficient (Wildman–Crippen LogP) is 1.46. The number of aliphatic carboxylic acids is 1. The minimum atomic E-state index is -0.742. The molecular weight excluding hydrogens is 244 g/mol. The topological polar surface area (TPSA) is 83.6 Å². The Balaban J connectivity index is 2.41. The van der Waals surface area contributed by atoms with Gasteiger partial charge in [-0.15, -0.1) is 0 Å². The summed E-state index contributed by atoms with van der Waals surface area (Å²) in [6.45, 7) is 7.30. The Morgan fingerprint density at radius 1 is 1.32 bits per heavy atom. The number of carbonyl (C=O) groups is 2. The van der Waals surface area contributed by atoms with Gasteiger partial charge in [0.2, 0.25) is 5.91 Å². The molecule has 1 amide bonds. The zero-order valence-corrected chi connectivity index (χ0v) is 12.2. The first-order valence-corrected chi connectivity index (χ1v) is 6.98. The van der Waals surface area contributed by atoms with E-state index in [0.717, 1.165) is 12.8 Å². The van der Waals surface area contributed by atoms with E-state index in [1.807, 2.05) is 25.7 Å². The maximum Gasteiger partial charge on any atom is 0.303 e. The molecular formula is C14H26N2O3. The van der Waals surface area contributed by atoms with Crippen LogP contribution in [0.3, 0.4) is 0 Å². The number of carboxylic acids is 1. The quantitative estimate of drug-likeness (QED) is 0.810. The van der Waals surface area contributed by atoms with Crippen LogP contribution in [-0.4, -0.2) is 41.0 Å². The lowest BCUT2D eigenvalue weighted by Gasteiger charge is -2.36. The van der Waals surface area contributed by atoms with E-state index in [-0.39, 0.29) is 17.7 Å². The first-order valence-electron chi connectivity index (χ1n) is 6.98. The Kier molecular flexibility index (Phi) is 5.35. The Bertz CT molecular complexity index is 328. The third-order valence-electron chi connectivity index (χ3n) is 3.89. The highest BCUT2D eigenvalue weighted by molar-refractivity contribution is 5.82. The van der Waals surface area contributed by atoms with E-state index >= 15 is 0 Å². The van der Waals surface area contributed by atoms with Crippen LogP contribution in [0.2, 0.25) is 0 Å². The predicted molar refractivity (Wildman–Crippen MR) is 73.6 cm³/mol. The zero-order valence-electron chi connectivity index (χ0n) is 12.2. The van der Waals surface area contributed by atoms with E-state index in [1.54, 1.807) is 0 Å². The molecule has 3 N–H and O–H groups in total. The first kappa shape index (κ1) is 16.0. The molecule has 0 aliphatic carbocycles. The van der Waals surface area contributed by atoms with Crippen molar-refractivity contribution in [2.24, 2.45) is 17.1 Å². The lowest BCUT2D eigenvalue weighted by Crippen LogP contribution is -2.52. The summed E-state index contributed by atoms with van der Waals surface area (Å²) in [5.74, 6) is -0.302. The molecule has 0 bridgehead atoms. The summed E-state index contributed by atoms with van der Waals surface area (Å²) in [4.78, 5) is 24.6. The standard InChI is InChI=1S/C14H26N2O3/c1-14(2,3)12(15)13(19)16-8-6-10(7-9-16)4-5-11(17)18/h10,12H,4-9,15H2,1-3H3,(H,17,18)/t12-/m1/s1. The molecule has 1 rings (SSSR count). The van der Waals surface area contributed by atoms with Crippen LogP contribution in [0.25, 0.3) is 0 Å². The summed E-state index contributed by atoms with van der Waals surface area (Å²) in [7, 11) is 0. The molecule has 0 aromatic heterocycles. The van der Waals surface area contributed by atoms with Crippen molar-refractivity contribution in [3.63, 3.8) is 0 Å². The molecule has 0 radical (unpaired) electrons. The number of nitrogens with two attached hydrogens (primary N) is 1. The zero-order chi connectivity index (χ0) is 14.6. The Morgan fingerprint density at radius 2 is 1.84 bits per heavy atom. The molecule has 1 fully saturated rings. The number of carboxylic acid groups (broad SMARTS) is 1. The molecule has 1 saturated heterocycles. The van der Waals surface area contributed by atoms with Crippen molar-refractivity contribution >= 4 is 11.9 Å². The summed E-state index contributed by atoms with van der Waals surface area (Å²) in [6.07, 6.45) is 2.70. The summed E-state index contributed by atoms with van der Waals surface area (Å²) in [5, 5.41) is 8.67. The summed E-state index contributed by atoms with van der Waals surface area (Å²) in [5.41, 5.74) is 5.76. The van der Waals surface area contributed by atoms with Crippen LogP contribution in [0.15, 0.2) is 0 Å². The largest absolute Gasteiger partial charge is 0.481 e. The molecule has 5 nitrogen and oxygen atoms in total. The molecule has 19 heavy (non-hydrogen) atoms. The number of piperidine rings is 1. The lowest BCUT2D eigenvalue weighted by molar-refractivity contribution is -0.139. The smallest absolute Gasteiger partial charge is 0.303 e. The van der Waals surface area contributed by atoms with E-state index in [2.05, 4.69) is 0 Å². The summed E-state index contributed by atoms with van der Waals surface area (Å²) >= 11 is 0. The molecule has 0 saturated carbocycles. The van der Waals surface area contributed by atoms with Gasteiger partial charge >= 0.3 is 5.97 Å². The van der Waals surface area contributed by atoms with Crippen molar-refractivity contribution in [1.29, 1.82) is 0 Å². The van der Waals surface area contributed by atoms with E-state index in [9.17, 15) is 9.59 Å². The third kappa shape index (κ3) is 4.82. The molecule has 0 spiro atoms. The van der Waals surface area contributed by atoms with Crippen molar-refractivity contribution in [2.45, 2.75) is 52.5 Å². The van der Waals surface area contributed by atoms with Gasteiger partial charge in [-0.25, -0.2) is 0 Å². The van der Waals surface area contributed by atoms with Crippen LogP contribution in [0, 0.1) is 11.3 Å². The van der Waals surface area contributed by atoms with Gasteiger partial charge in [-0.2, -0.15) is 0 Å². The van der Waals surface area contributed by atoms with Crippen LogP contribution in [0.1, 0.15) is 46.5 Å². The fraction of sp³-hybridized carbons (Fsp3) is 0.857. The second-order valence-electron chi connectivity index (χ2n) is 6.54. The molecule has 0 aromatic rings. The maximum absolute atomic E-state index is 12.2. The van der Waals surface area contributed by atoms with Gasteiger partial charge in [0.15, 0.2) is 0 Å². The minimum Gasteiger partial charge on any atom is -0.481 e. The van der Waals surface area contributed by atoms with Crippen molar-refractivity contribution in [3.05, 3.63) is 0 Å². The highest BCUT2D eigenvalue weighted by Gasteiger charge is 2.32. The van der Waals surface area contributed by atoms with Crippen LogP contribution < -0.4 is 5.73 Å². The first-order chi connectivity index (χ1) is 8.71. The average molecular weight is 270 g/mol. The minimum absolute atomic E-state index is 0.0178. The van der Waals surface area contributed by atoms with Gasteiger partial charge in [-0.05, 0) is 30.6 Å². The SMILES string of the molecule is CC(C)(C)[C@H](N)C(=O)N1CCC(CCC(=O)O)CC1. The second-order valence-corrected chi connectivity index (χ2v) is 6.54. The van der Waals surface area contributed by atoms with Crippen LogP contribution in [-0.2, 0) is 9.59 Å². The highest BCUT2D eigenvalue weighted by atomic mass is 16.4. The van der Waals surface area contributed by atoms with Crippen LogP contribution in [0.5, 0.6) is 0 Å². The van der Waals surface area contributed by atoms with Gasteiger partial charge in [0, 0.05) is 19.5 Å². The number of carbonyl (C=O) groups excluding carboxylic acids is 1. The number of likely N-dealkylation sites (tertiary alicyclic amines) is 1. The maximum atomic E-state index is 12.2. The third-order valence-corrected chi connectivity index (χ3v) is 3.89. The molecule has 110 valence electrons. The van der Waals surface area contributed by atoms with Crippen LogP contribution in [0.4, 0.5) is 0 Å². The van der Waals surface area contributed by atoms with Gasteiger partial charge in [-0.3, -0.25) is 9.59 Å². The fourth-order valence-corrected chi connectivity index (χ4v) is 2.34. The van der Waals surface area contributed by atoms with E-state index in [1.165, 1.54) is 0 Å². The van der Waals surface area contributed by atoms with Gasteiger partial charge in [-0.1, -0.05) is 20.8 Å². The summed E-state index contributed by atoms with van der Waals surface area (Å²) < 4.78 is 0. The molecule has 1 aliphatic heterocycles. The summed E-state index contributed by atoms with van der Waals surface area (Å²) in [6, 6.07) is -0.469. The van der Waals surface area contributed by atoms with Gasteiger partial charge in [0.1, 0.15) is 0 Å². The van der Waals surface area contributed by atoms with Crippen molar-refractivity contribution < 1.29 is 14.7 Å². The van der Waals surface area contributed by atoms with Crippen LogP contribution >= 0.6 is 0 Å². The Labute approximate surface area is 115 Å². The lowest BCUT2D eigenvalue weighted by atomic mass is 9.85. The van der Waals surface area contributed by atoms with E-state index in [4.69, 9.17) is 10.8 Å². The molecule has 0 aromatic carbocycles. The van der Waals surface area contributed by atoms with Crippen molar-refractivity contribution in [2.75, 3.05) is 13.1 Å². The molecule has 1 atom stereocenters. The number of rotatable bonds is 4. The van der Waals surface area contributed by atoms with Gasteiger partial charge in [0.05, 0.1) is 6.04 Å². The number of hydrogen-bond acceptors (Lipinski definition) is 3. The van der Waals surface area contributed by atoms with E-state index in [0.29, 0.717) is 25.4 Å². The second kappa shape index (κ2) is 6.37. The normalized spacial score (nSPS) is 19.3. The van der Waals surface area contributed by atoms with Crippen molar-refractivity contribution in [3.8, 4) is 0 Å². The van der Waals surface area contributed by atoms with Gasteiger partial charge < -0.3 is 15.7 Å². The fourth-order valence-electron chi connectivity index (χ4n) is 2.34. The highest BCUT2D eigenvalue weighted by Crippen LogP contribution is 2.25. The monoisotopic (exact) mass is 270 g/mol. The Hall–Kier alpha value is -1.10. The average Bonchev–Trinajstić information content (AvgIpc) is 2.34. The van der Waals surface area contributed by atoms with Crippen molar-refractivity contribution in [1.82, 2.24) is 4.90 Å². The molecule has 0 unspecified atom stereocenters. The number of hydrogen-bond donors (Lipinski definition) is 2.